The number of thioether (sulfide) groups is 1. The van der Waals surface area contributed by atoms with Crippen LogP contribution in [0.4, 0.5) is 0 Å². The fourth-order valence-corrected chi connectivity index (χ4v) is 6.29. The number of thiophene rings is 1. The van der Waals surface area contributed by atoms with Crippen LogP contribution in [-0.4, -0.2) is 47.9 Å². The minimum atomic E-state index is -3.56. The largest absolute Gasteiger partial charge is 0.481 e. The standard InChI is InChI=1S/C11H15NO4S3/c1-8-2-3-11(18-8)19(15,16)12-4-5-17-7-9(12)6-10(13)14/h2-3,9H,4-7H2,1H3,(H,13,14). The van der Waals surface area contributed by atoms with Crippen molar-refractivity contribution in [2.24, 2.45) is 0 Å². The van der Waals surface area contributed by atoms with Gasteiger partial charge in [-0.3, -0.25) is 4.79 Å². The molecular formula is C11H15NO4S3. The topological polar surface area (TPSA) is 74.7 Å². The molecule has 1 aromatic rings. The third kappa shape index (κ3) is 3.31. The van der Waals surface area contributed by atoms with Crippen LogP contribution in [-0.2, 0) is 14.8 Å². The molecule has 1 fully saturated rings. The monoisotopic (exact) mass is 321 g/mol. The third-order valence-corrected chi connectivity index (χ3v) is 7.37. The van der Waals surface area contributed by atoms with E-state index in [1.54, 1.807) is 23.9 Å². The van der Waals surface area contributed by atoms with E-state index in [0.29, 0.717) is 22.3 Å². The highest BCUT2D eigenvalue weighted by atomic mass is 32.2. The van der Waals surface area contributed by atoms with E-state index in [-0.39, 0.29) is 6.42 Å². The summed E-state index contributed by atoms with van der Waals surface area (Å²) in [7, 11) is -3.56. The van der Waals surface area contributed by atoms with Gasteiger partial charge in [0.1, 0.15) is 4.21 Å². The number of carboxylic acid groups (broad SMARTS) is 1. The van der Waals surface area contributed by atoms with Gasteiger partial charge in [0.2, 0.25) is 0 Å². The van der Waals surface area contributed by atoms with Gasteiger partial charge >= 0.3 is 5.97 Å². The van der Waals surface area contributed by atoms with Crippen molar-refractivity contribution in [3.05, 3.63) is 17.0 Å². The van der Waals surface area contributed by atoms with Gasteiger partial charge < -0.3 is 5.11 Å². The summed E-state index contributed by atoms with van der Waals surface area (Å²) in [6.07, 6.45) is -0.142. The predicted octanol–water partition coefficient (Wildman–Crippen LogP) is 1.64. The van der Waals surface area contributed by atoms with Crippen LogP contribution in [0.25, 0.3) is 0 Å². The molecule has 0 saturated carbocycles. The minimum absolute atomic E-state index is 0.142. The summed E-state index contributed by atoms with van der Waals surface area (Å²) in [6.45, 7) is 2.23. The van der Waals surface area contributed by atoms with Gasteiger partial charge in [0.15, 0.2) is 0 Å². The molecule has 0 aromatic carbocycles. The van der Waals surface area contributed by atoms with Crippen LogP contribution in [0.1, 0.15) is 11.3 Å². The molecule has 106 valence electrons. The number of aryl methyl sites for hydroxylation is 1. The molecule has 8 heteroatoms. The van der Waals surface area contributed by atoms with E-state index in [9.17, 15) is 13.2 Å². The second kappa shape index (κ2) is 5.82. The van der Waals surface area contributed by atoms with Crippen molar-refractivity contribution in [1.82, 2.24) is 4.31 Å². The van der Waals surface area contributed by atoms with Gasteiger partial charge in [0.25, 0.3) is 10.0 Å². The highest BCUT2D eigenvalue weighted by Gasteiger charge is 2.35. The number of carboxylic acids is 1. The molecule has 1 aliphatic rings. The molecule has 0 radical (unpaired) electrons. The highest BCUT2D eigenvalue weighted by molar-refractivity contribution is 7.99. The number of sulfonamides is 1. The van der Waals surface area contributed by atoms with E-state index in [1.165, 1.54) is 15.6 Å². The second-order valence-corrected chi connectivity index (χ2v) is 8.86. The molecule has 0 amide bonds. The first-order valence-electron chi connectivity index (χ1n) is 5.79. The van der Waals surface area contributed by atoms with Gasteiger partial charge in [-0.05, 0) is 19.1 Å². The minimum Gasteiger partial charge on any atom is -0.481 e. The summed E-state index contributed by atoms with van der Waals surface area (Å²) in [5, 5.41) is 8.90. The van der Waals surface area contributed by atoms with Crippen LogP contribution >= 0.6 is 23.1 Å². The zero-order chi connectivity index (χ0) is 14.0. The van der Waals surface area contributed by atoms with Crippen LogP contribution in [0.5, 0.6) is 0 Å². The molecule has 1 saturated heterocycles. The number of carbonyl (C=O) groups is 1. The number of rotatable bonds is 4. The Bertz CT molecular complexity index is 566. The maximum atomic E-state index is 12.5. The Balaban J connectivity index is 2.28. The number of hydrogen-bond donors (Lipinski definition) is 1. The zero-order valence-corrected chi connectivity index (χ0v) is 12.9. The quantitative estimate of drug-likeness (QED) is 0.912. The lowest BCUT2D eigenvalue weighted by Gasteiger charge is -2.33. The molecule has 2 heterocycles. The van der Waals surface area contributed by atoms with Crippen LogP contribution in [0, 0.1) is 6.92 Å². The Morgan fingerprint density at radius 1 is 1.53 bits per heavy atom. The fraction of sp³-hybridized carbons (Fsp3) is 0.545. The Morgan fingerprint density at radius 3 is 2.84 bits per heavy atom. The molecule has 0 aliphatic carbocycles. The van der Waals surface area contributed by atoms with Crippen molar-refractivity contribution in [1.29, 1.82) is 0 Å². The van der Waals surface area contributed by atoms with Crippen LogP contribution in [0.15, 0.2) is 16.3 Å². The normalized spacial score (nSPS) is 21.4. The highest BCUT2D eigenvalue weighted by Crippen LogP contribution is 2.29. The zero-order valence-electron chi connectivity index (χ0n) is 10.4. The van der Waals surface area contributed by atoms with Crippen LogP contribution in [0.3, 0.4) is 0 Å². The second-order valence-electron chi connectivity index (χ2n) is 4.31. The molecule has 0 bridgehead atoms. The molecule has 5 nitrogen and oxygen atoms in total. The maximum absolute atomic E-state index is 12.5. The predicted molar refractivity (Wildman–Crippen MR) is 76.3 cm³/mol. The summed E-state index contributed by atoms with van der Waals surface area (Å²) in [4.78, 5) is 11.8. The van der Waals surface area contributed by atoms with Crippen LogP contribution < -0.4 is 0 Å². The molecule has 1 aliphatic heterocycles. The van der Waals surface area contributed by atoms with Gasteiger partial charge in [0, 0.05) is 29.0 Å². The first kappa shape index (κ1) is 14.8. The average Bonchev–Trinajstić information content (AvgIpc) is 2.76. The van der Waals surface area contributed by atoms with Crippen molar-refractivity contribution in [3.8, 4) is 0 Å². The lowest BCUT2D eigenvalue weighted by atomic mass is 10.2. The first-order chi connectivity index (χ1) is 8.91. The molecule has 19 heavy (non-hydrogen) atoms. The van der Waals surface area contributed by atoms with Gasteiger partial charge in [-0.1, -0.05) is 0 Å². The number of aliphatic carboxylic acids is 1. The Hall–Kier alpha value is -0.570. The lowest BCUT2D eigenvalue weighted by molar-refractivity contribution is -0.137. The van der Waals surface area contributed by atoms with E-state index in [0.717, 1.165) is 4.88 Å². The van der Waals surface area contributed by atoms with Crippen molar-refractivity contribution in [3.63, 3.8) is 0 Å². The summed E-state index contributed by atoms with van der Waals surface area (Å²) >= 11 is 2.82. The summed E-state index contributed by atoms with van der Waals surface area (Å²) < 4.78 is 26.7. The Kier molecular flexibility index (Phi) is 4.54. The van der Waals surface area contributed by atoms with Crippen molar-refractivity contribution >= 4 is 39.1 Å². The Morgan fingerprint density at radius 2 is 2.26 bits per heavy atom. The third-order valence-electron chi connectivity index (χ3n) is 2.86. The summed E-state index contributed by atoms with van der Waals surface area (Å²) in [5.41, 5.74) is 0. The average molecular weight is 321 g/mol. The lowest BCUT2D eigenvalue weighted by Crippen LogP contribution is -2.46. The van der Waals surface area contributed by atoms with E-state index < -0.39 is 22.0 Å². The van der Waals surface area contributed by atoms with Crippen molar-refractivity contribution in [2.75, 3.05) is 18.1 Å². The van der Waals surface area contributed by atoms with E-state index in [1.807, 2.05) is 6.92 Å². The van der Waals surface area contributed by atoms with Crippen LogP contribution in [0.2, 0.25) is 0 Å². The molecule has 2 rings (SSSR count). The SMILES string of the molecule is Cc1ccc(S(=O)(=O)N2CCSCC2CC(=O)O)s1. The smallest absolute Gasteiger partial charge is 0.305 e. The fourth-order valence-electron chi connectivity index (χ4n) is 1.98. The van der Waals surface area contributed by atoms with E-state index in [2.05, 4.69) is 0 Å². The van der Waals surface area contributed by atoms with Crippen molar-refractivity contribution in [2.45, 2.75) is 23.6 Å². The molecule has 1 N–H and O–H groups in total. The number of nitrogens with zero attached hydrogens (tertiary/aromatic N) is 1. The van der Waals surface area contributed by atoms with Gasteiger partial charge in [-0.25, -0.2) is 8.42 Å². The molecular weight excluding hydrogens is 306 g/mol. The first-order valence-corrected chi connectivity index (χ1v) is 9.20. The number of hydrogen-bond acceptors (Lipinski definition) is 5. The van der Waals surface area contributed by atoms with Gasteiger partial charge in [0.05, 0.1) is 6.42 Å². The summed E-state index contributed by atoms with van der Waals surface area (Å²) in [6, 6.07) is 2.90. The Labute approximate surface area is 120 Å². The van der Waals surface area contributed by atoms with E-state index in [4.69, 9.17) is 5.11 Å². The van der Waals surface area contributed by atoms with Gasteiger partial charge in [-0.15, -0.1) is 11.3 Å². The molecule has 1 unspecified atom stereocenters. The van der Waals surface area contributed by atoms with Gasteiger partial charge in [-0.2, -0.15) is 16.1 Å². The molecule has 1 atom stereocenters. The van der Waals surface area contributed by atoms with Crippen molar-refractivity contribution < 1.29 is 18.3 Å². The molecule has 0 spiro atoms. The summed E-state index contributed by atoms with van der Waals surface area (Å²) in [5.74, 6) is 0.283. The van der Waals surface area contributed by atoms with E-state index >= 15 is 0 Å². The maximum Gasteiger partial charge on any atom is 0.305 e. The molecule has 1 aromatic heterocycles.